The Labute approximate surface area is 172 Å². The van der Waals surface area contributed by atoms with Crippen LogP contribution in [0.1, 0.15) is 31.4 Å². The van der Waals surface area contributed by atoms with E-state index in [1.807, 2.05) is 4.90 Å². The van der Waals surface area contributed by atoms with Gasteiger partial charge in [-0.05, 0) is 26.2 Å². The molecule has 8 nitrogen and oxygen atoms in total. The van der Waals surface area contributed by atoms with Crippen LogP contribution >= 0.6 is 24.8 Å². The summed E-state index contributed by atoms with van der Waals surface area (Å²) in [5, 5.41) is 6.47. The minimum atomic E-state index is -0.119. The molecular weight excluding hydrogens is 393 g/mol. The van der Waals surface area contributed by atoms with Gasteiger partial charge in [-0.25, -0.2) is 0 Å². The van der Waals surface area contributed by atoms with Crippen LogP contribution in [0.15, 0.2) is 10.6 Å². The molecule has 154 valence electrons. The molecule has 2 aliphatic rings. The number of piperazine rings is 1. The van der Waals surface area contributed by atoms with E-state index >= 15 is 0 Å². The van der Waals surface area contributed by atoms with Crippen LogP contribution in [0.25, 0.3) is 0 Å². The monoisotopic (exact) mass is 421 g/mol. The van der Waals surface area contributed by atoms with Gasteiger partial charge in [-0.15, -0.1) is 24.8 Å². The standard InChI is InChI=1S/C17H27N5O3.2ClH/c1-12-9-15(20-25-12)19-16(23)11-21-5-7-22(8-6-21)17(24)13-3-2-4-14(18)10-13;;/h9,13-14H,2-8,10-11,18H2,1H3,(H,19,20,23);2*1H. The Morgan fingerprint density at radius 3 is 2.56 bits per heavy atom. The third kappa shape index (κ3) is 6.64. The summed E-state index contributed by atoms with van der Waals surface area (Å²) >= 11 is 0. The van der Waals surface area contributed by atoms with Crippen LogP contribution in [0.3, 0.4) is 0 Å². The molecule has 3 rings (SSSR count). The molecule has 1 aromatic heterocycles. The summed E-state index contributed by atoms with van der Waals surface area (Å²) in [6.45, 7) is 4.81. The van der Waals surface area contributed by atoms with Crippen molar-refractivity contribution in [3.8, 4) is 0 Å². The Morgan fingerprint density at radius 1 is 1.26 bits per heavy atom. The predicted octanol–water partition coefficient (Wildman–Crippen LogP) is 1.43. The zero-order chi connectivity index (χ0) is 17.8. The largest absolute Gasteiger partial charge is 0.360 e. The van der Waals surface area contributed by atoms with Gasteiger partial charge < -0.3 is 20.5 Å². The average molecular weight is 422 g/mol. The van der Waals surface area contributed by atoms with Gasteiger partial charge in [0.1, 0.15) is 5.76 Å². The summed E-state index contributed by atoms with van der Waals surface area (Å²) in [5.41, 5.74) is 6.00. The van der Waals surface area contributed by atoms with Gasteiger partial charge in [0.05, 0.1) is 6.54 Å². The lowest BCUT2D eigenvalue weighted by Gasteiger charge is -2.37. The fourth-order valence-electron chi connectivity index (χ4n) is 3.65. The summed E-state index contributed by atoms with van der Waals surface area (Å²) in [7, 11) is 0. The lowest BCUT2D eigenvalue weighted by molar-refractivity contribution is -0.138. The maximum Gasteiger partial charge on any atom is 0.239 e. The average Bonchev–Trinajstić information content (AvgIpc) is 2.99. The van der Waals surface area contributed by atoms with E-state index in [2.05, 4.69) is 15.4 Å². The van der Waals surface area contributed by atoms with E-state index in [4.69, 9.17) is 10.3 Å². The second-order valence-electron chi connectivity index (χ2n) is 7.10. The molecular formula is C17H29Cl2N5O3. The Hall–Kier alpha value is -1.35. The first-order chi connectivity index (χ1) is 12.0. The number of carbonyl (C=O) groups is 2. The number of amides is 2. The number of halogens is 2. The van der Waals surface area contributed by atoms with Gasteiger partial charge in [0.15, 0.2) is 5.82 Å². The molecule has 1 saturated heterocycles. The van der Waals surface area contributed by atoms with Crippen molar-refractivity contribution in [1.82, 2.24) is 15.0 Å². The Bertz CT molecular complexity index is 619. The van der Waals surface area contributed by atoms with E-state index in [0.717, 1.165) is 25.7 Å². The fraction of sp³-hybridized carbons (Fsp3) is 0.706. The quantitative estimate of drug-likeness (QED) is 0.761. The molecule has 2 heterocycles. The lowest BCUT2D eigenvalue weighted by Crippen LogP contribution is -2.52. The summed E-state index contributed by atoms with van der Waals surface area (Å²) in [6, 6.07) is 1.84. The molecule has 0 radical (unpaired) electrons. The number of aromatic nitrogens is 1. The summed E-state index contributed by atoms with van der Waals surface area (Å²) < 4.78 is 4.93. The zero-order valence-electron chi connectivity index (χ0n) is 15.6. The third-order valence-corrected chi connectivity index (χ3v) is 5.01. The van der Waals surface area contributed by atoms with Crippen molar-refractivity contribution in [2.75, 3.05) is 38.0 Å². The van der Waals surface area contributed by atoms with Crippen molar-refractivity contribution in [2.24, 2.45) is 11.7 Å². The van der Waals surface area contributed by atoms with E-state index in [1.54, 1.807) is 13.0 Å². The Morgan fingerprint density at radius 2 is 1.96 bits per heavy atom. The highest BCUT2D eigenvalue weighted by molar-refractivity contribution is 5.91. The van der Waals surface area contributed by atoms with Crippen LogP contribution in [0, 0.1) is 12.8 Å². The Kier molecular flexibility index (Phi) is 9.52. The van der Waals surface area contributed by atoms with Gasteiger partial charge in [0, 0.05) is 44.2 Å². The molecule has 2 fully saturated rings. The molecule has 1 saturated carbocycles. The van der Waals surface area contributed by atoms with Crippen molar-refractivity contribution in [2.45, 2.75) is 38.6 Å². The first-order valence-corrected chi connectivity index (χ1v) is 9.01. The second-order valence-corrected chi connectivity index (χ2v) is 7.10. The van der Waals surface area contributed by atoms with Crippen LogP contribution < -0.4 is 11.1 Å². The minimum absolute atomic E-state index is 0. The van der Waals surface area contributed by atoms with Crippen molar-refractivity contribution in [3.63, 3.8) is 0 Å². The number of nitrogens with zero attached hydrogens (tertiary/aromatic N) is 3. The van der Waals surface area contributed by atoms with Crippen molar-refractivity contribution < 1.29 is 14.1 Å². The van der Waals surface area contributed by atoms with Crippen LogP contribution in [-0.2, 0) is 9.59 Å². The van der Waals surface area contributed by atoms with Gasteiger partial charge in [-0.3, -0.25) is 14.5 Å². The first kappa shape index (κ1) is 23.7. The van der Waals surface area contributed by atoms with Gasteiger partial charge in [0.25, 0.3) is 0 Å². The van der Waals surface area contributed by atoms with E-state index in [1.165, 1.54) is 0 Å². The number of hydrogen-bond acceptors (Lipinski definition) is 6. The molecule has 1 aromatic rings. The number of nitrogens with two attached hydrogens (primary N) is 1. The van der Waals surface area contributed by atoms with E-state index in [0.29, 0.717) is 44.3 Å². The number of hydrogen-bond donors (Lipinski definition) is 2. The van der Waals surface area contributed by atoms with Crippen LogP contribution in [0.5, 0.6) is 0 Å². The van der Waals surface area contributed by atoms with E-state index in [9.17, 15) is 9.59 Å². The van der Waals surface area contributed by atoms with Crippen LogP contribution in [0.2, 0.25) is 0 Å². The molecule has 1 aliphatic carbocycles. The number of anilines is 1. The first-order valence-electron chi connectivity index (χ1n) is 9.01. The highest BCUT2D eigenvalue weighted by Crippen LogP contribution is 2.25. The minimum Gasteiger partial charge on any atom is -0.360 e. The fourth-order valence-corrected chi connectivity index (χ4v) is 3.65. The summed E-state index contributed by atoms with van der Waals surface area (Å²) in [4.78, 5) is 28.7. The number of carbonyl (C=O) groups excluding carboxylic acids is 2. The van der Waals surface area contributed by atoms with E-state index in [-0.39, 0.29) is 48.6 Å². The molecule has 3 N–H and O–H groups in total. The van der Waals surface area contributed by atoms with E-state index < -0.39 is 0 Å². The Balaban J connectivity index is 0.00000182. The highest BCUT2D eigenvalue weighted by atomic mass is 35.5. The van der Waals surface area contributed by atoms with Crippen LogP contribution in [0.4, 0.5) is 5.82 Å². The molecule has 0 bridgehead atoms. The van der Waals surface area contributed by atoms with Crippen molar-refractivity contribution >= 4 is 42.4 Å². The maximum absolute atomic E-state index is 12.6. The molecule has 2 amide bonds. The summed E-state index contributed by atoms with van der Waals surface area (Å²) in [6.07, 6.45) is 3.82. The number of aryl methyl sites for hydroxylation is 1. The van der Waals surface area contributed by atoms with Gasteiger partial charge in [-0.1, -0.05) is 11.6 Å². The number of nitrogens with one attached hydrogen (secondary N) is 1. The molecule has 2 atom stereocenters. The predicted molar refractivity (Wildman–Crippen MR) is 107 cm³/mol. The zero-order valence-corrected chi connectivity index (χ0v) is 17.2. The molecule has 2 unspecified atom stereocenters. The molecule has 0 spiro atoms. The van der Waals surface area contributed by atoms with Crippen LogP contribution in [-0.4, -0.2) is 65.5 Å². The molecule has 27 heavy (non-hydrogen) atoms. The number of rotatable bonds is 4. The molecule has 1 aliphatic heterocycles. The van der Waals surface area contributed by atoms with Gasteiger partial charge in [0.2, 0.25) is 11.8 Å². The highest BCUT2D eigenvalue weighted by Gasteiger charge is 2.31. The van der Waals surface area contributed by atoms with Crippen molar-refractivity contribution in [3.05, 3.63) is 11.8 Å². The molecule has 0 aromatic carbocycles. The van der Waals surface area contributed by atoms with Crippen molar-refractivity contribution in [1.29, 1.82) is 0 Å². The topological polar surface area (TPSA) is 105 Å². The third-order valence-electron chi connectivity index (χ3n) is 5.01. The maximum atomic E-state index is 12.6. The second kappa shape index (κ2) is 10.8. The van der Waals surface area contributed by atoms with Gasteiger partial charge in [-0.2, -0.15) is 0 Å². The molecule has 10 heteroatoms. The SMILES string of the molecule is Cc1cc(NC(=O)CN2CCN(C(=O)C3CCCC(N)C3)CC2)no1.Cl.Cl. The smallest absolute Gasteiger partial charge is 0.239 e. The van der Waals surface area contributed by atoms with Gasteiger partial charge >= 0.3 is 0 Å². The summed E-state index contributed by atoms with van der Waals surface area (Å²) in [5.74, 6) is 1.28. The normalized spacial score (nSPS) is 23.1. The lowest BCUT2D eigenvalue weighted by atomic mass is 9.85.